The quantitative estimate of drug-likeness (QED) is 0.528. The number of non-ortho nitro benzene ring substituents is 1. The largest absolute Gasteiger partial charge is 0.356 e. The molecule has 0 aliphatic carbocycles. The Balaban J connectivity index is 1.69. The average molecular weight is 380 g/mol. The van der Waals surface area contributed by atoms with Crippen molar-refractivity contribution in [3.63, 3.8) is 0 Å². The van der Waals surface area contributed by atoms with Gasteiger partial charge in [-0.25, -0.2) is 4.98 Å². The van der Waals surface area contributed by atoms with Gasteiger partial charge in [0.25, 0.3) is 11.4 Å². The summed E-state index contributed by atoms with van der Waals surface area (Å²) in [6.45, 7) is 0.588. The van der Waals surface area contributed by atoms with Crippen LogP contribution < -0.4 is 4.90 Å². The molecule has 0 bridgehead atoms. The van der Waals surface area contributed by atoms with Gasteiger partial charge in [-0.1, -0.05) is 30.3 Å². The summed E-state index contributed by atoms with van der Waals surface area (Å²) < 4.78 is 0. The van der Waals surface area contributed by atoms with Crippen molar-refractivity contribution in [3.05, 3.63) is 74.6 Å². The minimum atomic E-state index is -0.638. The number of hydrogen-bond donors (Lipinski definition) is 1. The van der Waals surface area contributed by atoms with E-state index >= 15 is 0 Å². The molecule has 1 saturated heterocycles. The van der Waals surface area contributed by atoms with Crippen molar-refractivity contribution >= 4 is 17.1 Å². The number of aromatic nitrogens is 3. The van der Waals surface area contributed by atoms with E-state index < -0.39 is 9.85 Å². The first kappa shape index (κ1) is 17.6. The molecule has 2 aromatic carbocycles. The lowest BCUT2D eigenvalue weighted by molar-refractivity contribution is -0.393. The van der Waals surface area contributed by atoms with Crippen LogP contribution >= 0.6 is 0 Å². The Bertz CT molecular complexity index is 1040. The van der Waals surface area contributed by atoms with Gasteiger partial charge in [0, 0.05) is 18.2 Å². The van der Waals surface area contributed by atoms with E-state index in [0.717, 1.165) is 24.5 Å². The van der Waals surface area contributed by atoms with Gasteiger partial charge in [-0.2, -0.15) is 5.10 Å². The lowest BCUT2D eigenvalue weighted by atomic mass is 10.1. The fraction of sp³-hybridized carbons (Fsp3) is 0.222. The monoisotopic (exact) mass is 380 g/mol. The lowest BCUT2D eigenvalue weighted by Gasteiger charge is -2.24. The second-order valence-electron chi connectivity index (χ2n) is 6.45. The van der Waals surface area contributed by atoms with Gasteiger partial charge in [-0.05, 0) is 18.9 Å². The third-order valence-corrected chi connectivity index (χ3v) is 4.78. The summed E-state index contributed by atoms with van der Waals surface area (Å²) >= 11 is 0. The normalized spacial score (nSPS) is 16.3. The molecule has 10 nitrogen and oxygen atoms in total. The molecule has 142 valence electrons. The molecule has 0 radical (unpaired) electrons. The molecule has 0 amide bonds. The van der Waals surface area contributed by atoms with Gasteiger partial charge in [-0.3, -0.25) is 25.3 Å². The van der Waals surface area contributed by atoms with Crippen LogP contribution in [-0.4, -0.2) is 31.6 Å². The molecule has 1 fully saturated rings. The number of benzene rings is 2. The predicted octanol–water partition coefficient (Wildman–Crippen LogP) is 3.63. The summed E-state index contributed by atoms with van der Waals surface area (Å²) in [6.07, 6.45) is 1.57. The Kier molecular flexibility index (Phi) is 4.44. The first-order chi connectivity index (χ1) is 13.5. The second kappa shape index (κ2) is 7.06. The number of aromatic amines is 1. The Morgan fingerprint density at radius 2 is 1.86 bits per heavy atom. The molecule has 0 spiro atoms. The van der Waals surface area contributed by atoms with E-state index in [1.54, 1.807) is 0 Å². The van der Waals surface area contributed by atoms with Crippen molar-refractivity contribution in [1.29, 1.82) is 0 Å². The summed E-state index contributed by atoms with van der Waals surface area (Å²) in [7, 11) is 0. The molecule has 1 unspecified atom stereocenters. The number of rotatable bonds is 5. The van der Waals surface area contributed by atoms with E-state index in [1.165, 1.54) is 12.1 Å². The highest BCUT2D eigenvalue weighted by Gasteiger charge is 2.34. The van der Waals surface area contributed by atoms with Crippen molar-refractivity contribution in [1.82, 2.24) is 15.2 Å². The zero-order valence-corrected chi connectivity index (χ0v) is 14.7. The third-order valence-electron chi connectivity index (χ3n) is 4.78. The van der Waals surface area contributed by atoms with Crippen molar-refractivity contribution in [3.8, 4) is 11.4 Å². The minimum Gasteiger partial charge on any atom is -0.356 e. The molecule has 1 N–H and O–H groups in total. The van der Waals surface area contributed by atoms with Crippen LogP contribution in [0.15, 0.2) is 48.5 Å². The van der Waals surface area contributed by atoms with E-state index in [4.69, 9.17) is 0 Å². The summed E-state index contributed by atoms with van der Waals surface area (Å²) in [4.78, 5) is 27.7. The van der Waals surface area contributed by atoms with Crippen LogP contribution in [0.5, 0.6) is 0 Å². The van der Waals surface area contributed by atoms with E-state index in [0.29, 0.717) is 23.9 Å². The summed E-state index contributed by atoms with van der Waals surface area (Å²) in [5.74, 6) is 1.17. The number of nitro groups is 2. The molecule has 28 heavy (non-hydrogen) atoms. The fourth-order valence-corrected chi connectivity index (χ4v) is 3.49. The molecule has 1 aliphatic rings. The van der Waals surface area contributed by atoms with Gasteiger partial charge in [0.2, 0.25) is 0 Å². The fourth-order valence-electron chi connectivity index (χ4n) is 3.49. The second-order valence-corrected chi connectivity index (χ2v) is 6.45. The van der Waals surface area contributed by atoms with Crippen LogP contribution in [0.2, 0.25) is 0 Å². The highest BCUT2D eigenvalue weighted by Crippen LogP contribution is 2.41. The Morgan fingerprint density at radius 1 is 1.07 bits per heavy atom. The van der Waals surface area contributed by atoms with E-state index in [9.17, 15) is 20.2 Å². The molecule has 4 rings (SSSR count). The average Bonchev–Trinajstić information content (AvgIpc) is 3.37. The van der Waals surface area contributed by atoms with E-state index in [1.807, 2.05) is 35.2 Å². The molecule has 3 aromatic rings. The lowest BCUT2D eigenvalue weighted by Crippen LogP contribution is -2.24. The maximum atomic E-state index is 11.5. The molecule has 1 aliphatic heterocycles. The minimum absolute atomic E-state index is 0.217. The van der Waals surface area contributed by atoms with Crippen LogP contribution in [0.25, 0.3) is 11.4 Å². The van der Waals surface area contributed by atoms with Gasteiger partial charge >= 0.3 is 0 Å². The maximum Gasteiger partial charge on any atom is 0.299 e. The Labute approximate surface area is 159 Å². The third kappa shape index (κ3) is 3.15. The highest BCUT2D eigenvalue weighted by atomic mass is 16.6. The molecule has 1 atom stereocenters. The van der Waals surface area contributed by atoms with Gasteiger partial charge in [0.1, 0.15) is 11.5 Å². The zero-order valence-electron chi connectivity index (χ0n) is 14.7. The molecule has 2 heterocycles. The van der Waals surface area contributed by atoms with Crippen LogP contribution in [0.1, 0.15) is 24.7 Å². The van der Waals surface area contributed by atoms with Crippen molar-refractivity contribution in [2.45, 2.75) is 18.9 Å². The number of nitrogens with zero attached hydrogens (tertiary/aromatic N) is 5. The van der Waals surface area contributed by atoms with Gasteiger partial charge < -0.3 is 4.90 Å². The predicted molar refractivity (Wildman–Crippen MR) is 101 cm³/mol. The number of nitrogens with one attached hydrogen (secondary N) is 1. The Hall–Kier alpha value is -3.82. The Morgan fingerprint density at radius 3 is 2.57 bits per heavy atom. The highest BCUT2D eigenvalue weighted by molar-refractivity contribution is 5.68. The van der Waals surface area contributed by atoms with Gasteiger partial charge in [0.15, 0.2) is 5.82 Å². The van der Waals surface area contributed by atoms with Crippen LogP contribution in [-0.2, 0) is 0 Å². The molecule has 0 saturated carbocycles. The van der Waals surface area contributed by atoms with Crippen molar-refractivity contribution in [2.24, 2.45) is 0 Å². The van der Waals surface area contributed by atoms with Gasteiger partial charge in [-0.15, -0.1) is 0 Å². The van der Waals surface area contributed by atoms with Crippen molar-refractivity contribution < 1.29 is 9.85 Å². The molecular weight excluding hydrogens is 364 g/mol. The molecular formula is C18H16N6O4. The number of H-pyrrole nitrogens is 1. The summed E-state index contributed by atoms with van der Waals surface area (Å²) in [5, 5.41) is 29.7. The van der Waals surface area contributed by atoms with E-state index in [-0.39, 0.29) is 17.4 Å². The maximum absolute atomic E-state index is 11.5. The smallest absolute Gasteiger partial charge is 0.299 e. The van der Waals surface area contributed by atoms with Crippen LogP contribution in [0, 0.1) is 20.2 Å². The number of hydrogen-bond acceptors (Lipinski definition) is 7. The van der Waals surface area contributed by atoms with Gasteiger partial charge in [0.05, 0.1) is 22.0 Å². The summed E-state index contributed by atoms with van der Waals surface area (Å²) in [6, 6.07) is 13.0. The molecule has 1 aromatic heterocycles. The standard InChI is InChI=1S/C18H16N6O4/c25-23(26)13-8-9-14(16(11-13)24(27)28)22-10-4-7-15(22)18-19-17(20-21-18)12-5-2-1-3-6-12/h1-3,5-6,8-9,11,15H,4,7,10H2,(H,19,20,21). The SMILES string of the molecule is O=[N+]([O-])c1ccc(N2CCCC2c2nc(-c3ccccc3)n[nH]2)c([N+](=O)[O-])c1. The molecule has 10 heteroatoms. The topological polar surface area (TPSA) is 131 Å². The number of nitro benzene ring substituents is 2. The van der Waals surface area contributed by atoms with E-state index in [2.05, 4.69) is 15.2 Å². The van der Waals surface area contributed by atoms with Crippen molar-refractivity contribution in [2.75, 3.05) is 11.4 Å². The van der Waals surface area contributed by atoms with Crippen LogP contribution in [0.3, 0.4) is 0 Å². The first-order valence-electron chi connectivity index (χ1n) is 8.72. The number of anilines is 1. The zero-order chi connectivity index (χ0) is 19.7. The van der Waals surface area contributed by atoms with Crippen LogP contribution in [0.4, 0.5) is 17.1 Å². The first-order valence-corrected chi connectivity index (χ1v) is 8.72. The summed E-state index contributed by atoms with van der Waals surface area (Å²) in [5.41, 5.74) is 0.618.